The first kappa shape index (κ1) is 18.8. The zero-order valence-corrected chi connectivity index (χ0v) is 15.7. The Balaban J connectivity index is 2.08. The topological polar surface area (TPSA) is 89.7 Å². The van der Waals surface area contributed by atoms with E-state index < -0.39 is 17.6 Å². The predicted octanol–water partition coefficient (Wildman–Crippen LogP) is 3.19. The number of ether oxygens (including phenoxy) is 1. The van der Waals surface area contributed by atoms with E-state index in [0.29, 0.717) is 23.1 Å². The number of carbonyl (C=O) groups excluding carboxylic acids is 1. The molecular weight excluding hydrogens is 334 g/mol. The number of fused-ring (bicyclic) bond motifs is 2. The van der Waals surface area contributed by atoms with Crippen LogP contribution < -0.4 is 0 Å². The largest absolute Gasteiger partial charge is 0.466 e. The van der Waals surface area contributed by atoms with Gasteiger partial charge in [-0.25, -0.2) is 4.79 Å². The SMILES string of the molecule is C=C(C)[C@H]1CC[C@@H]2C=C3C(C)=C(C(=O)OC)CC[C@]3(O)[C@@H]([N+](=O)[O-])[C@@H]2C1. The highest BCUT2D eigenvalue weighted by Crippen LogP contribution is 2.52. The standard InChI is InChI=1S/C20H27NO5/c1-11(2)13-5-6-14-10-17-12(3)15(19(22)26-4)7-8-20(17,23)18(21(24)25)16(14)9-13/h10,13-14,16,18,23H,1,5-9H2,2-4H3/t13-,14+,16+,18-,20+/m0/s1. The van der Waals surface area contributed by atoms with E-state index in [0.717, 1.165) is 18.4 Å². The minimum atomic E-state index is -1.52. The molecule has 0 aromatic carbocycles. The molecule has 0 aliphatic heterocycles. The summed E-state index contributed by atoms with van der Waals surface area (Å²) in [6, 6.07) is -1.05. The second-order valence-electron chi connectivity index (χ2n) is 8.01. The third-order valence-electron chi connectivity index (χ3n) is 6.67. The van der Waals surface area contributed by atoms with Crippen molar-refractivity contribution in [2.45, 2.75) is 57.6 Å². The number of nitrogens with zero attached hydrogens (tertiary/aromatic N) is 1. The van der Waals surface area contributed by atoms with Gasteiger partial charge in [-0.2, -0.15) is 0 Å². The number of hydrogen-bond donors (Lipinski definition) is 1. The molecule has 1 fully saturated rings. The Bertz CT molecular complexity index is 722. The number of carbonyl (C=O) groups is 1. The maximum atomic E-state index is 12.0. The van der Waals surface area contributed by atoms with Crippen molar-refractivity contribution in [3.8, 4) is 0 Å². The summed E-state index contributed by atoms with van der Waals surface area (Å²) in [7, 11) is 1.33. The fraction of sp³-hybridized carbons (Fsp3) is 0.650. The first-order valence-electron chi connectivity index (χ1n) is 9.22. The summed E-state index contributed by atoms with van der Waals surface area (Å²) in [5.41, 5.74) is 1.24. The minimum absolute atomic E-state index is 0.0446. The zero-order valence-electron chi connectivity index (χ0n) is 15.7. The van der Waals surface area contributed by atoms with Crippen LogP contribution in [0.15, 0.2) is 34.9 Å². The molecule has 0 aromatic rings. The summed E-state index contributed by atoms with van der Waals surface area (Å²) >= 11 is 0. The van der Waals surface area contributed by atoms with Gasteiger partial charge in [0.25, 0.3) is 0 Å². The minimum Gasteiger partial charge on any atom is -0.466 e. The molecule has 0 unspecified atom stereocenters. The van der Waals surface area contributed by atoms with Gasteiger partial charge in [-0.15, -0.1) is 0 Å². The molecule has 142 valence electrons. The molecule has 3 aliphatic carbocycles. The Hall–Kier alpha value is -1.95. The molecule has 0 spiro atoms. The van der Waals surface area contributed by atoms with Crippen LogP contribution in [0, 0.1) is 27.9 Å². The van der Waals surface area contributed by atoms with Gasteiger partial charge in [0, 0.05) is 16.4 Å². The number of allylic oxidation sites excluding steroid dienone is 2. The van der Waals surface area contributed by atoms with Crippen molar-refractivity contribution in [1.82, 2.24) is 0 Å². The predicted molar refractivity (Wildman–Crippen MR) is 96.9 cm³/mol. The molecule has 5 atom stereocenters. The van der Waals surface area contributed by atoms with Crippen molar-refractivity contribution in [3.05, 3.63) is 45.1 Å². The summed E-state index contributed by atoms with van der Waals surface area (Å²) in [5.74, 6) is -0.316. The Morgan fingerprint density at radius 2 is 2.15 bits per heavy atom. The quantitative estimate of drug-likeness (QED) is 0.361. The van der Waals surface area contributed by atoms with Crippen molar-refractivity contribution >= 4 is 5.97 Å². The van der Waals surface area contributed by atoms with E-state index >= 15 is 0 Å². The average molecular weight is 361 g/mol. The second-order valence-corrected chi connectivity index (χ2v) is 8.01. The Labute approximate surface area is 153 Å². The highest BCUT2D eigenvalue weighted by molar-refractivity contribution is 5.90. The van der Waals surface area contributed by atoms with E-state index in [1.165, 1.54) is 7.11 Å². The third kappa shape index (κ3) is 2.80. The molecule has 0 amide bonds. The van der Waals surface area contributed by atoms with Gasteiger partial charge < -0.3 is 9.84 Å². The van der Waals surface area contributed by atoms with E-state index in [1.54, 1.807) is 6.92 Å². The van der Waals surface area contributed by atoms with Crippen molar-refractivity contribution in [1.29, 1.82) is 0 Å². The van der Waals surface area contributed by atoms with Crippen LogP contribution >= 0.6 is 0 Å². The number of nitro groups is 1. The summed E-state index contributed by atoms with van der Waals surface area (Å²) in [6.45, 7) is 7.77. The molecule has 1 N–H and O–H groups in total. The molecule has 26 heavy (non-hydrogen) atoms. The molecule has 0 saturated heterocycles. The first-order chi connectivity index (χ1) is 12.2. The van der Waals surface area contributed by atoms with Crippen LogP contribution in [0.3, 0.4) is 0 Å². The second kappa shape index (κ2) is 6.65. The molecule has 0 bridgehead atoms. The Morgan fingerprint density at radius 1 is 1.46 bits per heavy atom. The summed E-state index contributed by atoms with van der Waals surface area (Å²) in [5, 5.41) is 23.4. The van der Waals surface area contributed by atoms with Crippen molar-refractivity contribution in [3.63, 3.8) is 0 Å². The van der Waals surface area contributed by atoms with Crippen molar-refractivity contribution in [2.24, 2.45) is 17.8 Å². The van der Waals surface area contributed by atoms with Gasteiger partial charge in [-0.3, -0.25) is 10.1 Å². The molecule has 0 radical (unpaired) electrons. The lowest BCUT2D eigenvalue weighted by Crippen LogP contribution is -2.59. The molecule has 3 aliphatic rings. The number of aliphatic hydroxyl groups is 1. The molecule has 0 aromatic heterocycles. The summed E-state index contributed by atoms with van der Waals surface area (Å²) in [6.07, 6.45) is 4.94. The number of hydrogen-bond acceptors (Lipinski definition) is 5. The lowest BCUT2D eigenvalue weighted by Gasteiger charge is -2.48. The summed E-state index contributed by atoms with van der Waals surface area (Å²) < 4.78 is 4.84. The lowest BCUT2D eigenvalue weighted by molar-refractivity contribution is -0.557. The van der Waals surface area contributed by atoms with Gasteiger partial charge >= 0.3 is 5.97 Å². The Kier molecular flexibility index (Phi) is 4.82. The van der Waals surface area contributed by atoms with Gasteiger partial charge in [0.2, 0.25) is 6.04 Å². The van der Waals surface area contributed by atoms with E-state index in [1.807, 2.05) is 13.0 Å². The highest BCUT2D eigenvalue weighted by Gasteiger charge is 2.59. The fourth-order valence-electron chi connectivity index (χ4n) is 5.23. The molecule has 3 rings (SSSR count). The van der Waals surface area contributed by atoms with Crippen molar-refractivity contribution in [2.75, 3.05) is 7.11 Å². The number of esters is 1. The van der Waals surface area contributed by atoms with Gasteiger partial charge in [0.05, 0.1) is 7.11 Å². The van der Waals surface area contributed by atoms with E-state index in [2.05, 4.69) is 6.58 Å². The van der Waals surface area contributed by atoms with Crippen LogP contribution in [-0.2, 0) is 9.53 Å². The van der Waals surface area contributed by atoms with Gasteiger partial charge in [-0.05, 0) is 68.9 Å². The Morgan fingerprint density at radius 3 is 2.73 bits per heavy atom. The lowest BCUT2D eigenvalue weighted by atomic mass is 9.57. The van der Waals surface area contributed by atoms with E-state index in [4.69, 9.17) is 4.74 Å². The van der Waals surface area contributed by atoms with Crippen LogP contribution in [0.5, 0.6) is 0 Å². The normalized spacial score (nSPS) is 36.5. The maximum Gasteiger partial charge on any atom is 0.334 e. The third-order valence-corrected chi connectivity index (χ3v) is 6.67. The molecule has 1 saturated carbocycles. The first-order valence-corrected chi connectivity index (χ1v) is 9.22. The van der Waals surface area contributed by atoms with Crippen LogP contribution in [0.1, 0.15) is 46.0 Å². The van der Waals surface area contributed by atoms with Gasteiger partial charge in [0.15, 0.2) is 5.60 Å². The van der Waals surface area contributed by atoms with E-state index in [-0.39, 0.29) is 35.5 Å². The molecular formula is C20H27NO5. The fourth-order valence-corrected chi connectivity index (χ4v) is 5.23. The molecule has 0 heterocycles. The van der Waals surface area contributed by atoms with Crippen LogP contribution in [0.2, 0.25) is 0 Å². The number of rotatable bonds is 3. The highest BCUT2D eigenvalue weighted by atomic mass is 16.6. The van der Waals surface area contributed by atoms with E-state index in [9.17, 15) is 20.0 Å². The van der Waals surface area contributed by atoms with Crippen LogP contribution in [0.4, 0.5) is 0 Å². The average Bonchev–Trinajstić information content (AvgIpc) is 2.58. The van der Waals surface area contributed by atoms with Gasteiger partial charge in [0.1, 0.15) is 0 Å². The van der Waals surface area contributed by atoms with Crippen LogP contribution in [0.25, 0.3) is 0 Å². The van der Waals surface area contributed by atoms with Gasteiger partial charge in [-0.1, -0.05) is 18.2 Å². The summed E-state index contributed by atoms with van der Waals surface area (Å²) in [4.78, 5) is 23.7. The molecule has 6 heteroatoms. The smallest absolute Gasteiger partial charge is 0.334 e. The zero-order chi connectivity index (χ0) is 19.2. The maximum absolute atomic E-state index is 12.0. The van der Waals surface area contributed by atoms with Crippen LogP contribution in [-0.4, -0.2) is 34.8 Å². The number of methoxy groups -OCH3 is 1. The van der Waals surface area contributed by atoms with Crippen molar-refractivity contribution < 1.29 is 19.6 Å². The molecule has 6 nitrogen and oxygen atoms in total. The monoisotopic (exact) mass is 361 g/mol.